The zero-order valence-electron chi connectivity index (χ0n) is 10.6. The first-order valence-electron chi connectivity index (χ1n) is 6.81. The number of amides is 1. The topological polar surface area (TPSA) is 54.3 Å². The van der Waals surface area contributed by atoms with Crippen LogP contribution in [0.1, 0.15) is 23.2 Å². The number of hydrogen-bond donors (Lipinski definition) is 2. The number of carbonyl (C=O) groups is 1. The molecule has 1 saturated carbocycles. The summed E-state index contributed by atoms with van der Waals surface area (Å²) in [5.41, 5.74) is 1.43. The highest BCUT2D eigenvalue weighted by Crippen LogP contribution is 2.31. The molecule has 2 aromatic rings. The molecule has 0 spiro atoms. The van der Waals surface area contributed by atoms with E-state index in [-0.39, 0.29) is 11.9 Å². The Kier molecular flexibility index (Phi) is 2.38. The van der Waals surface area contributed by atoms with Crippen LogP contribution < -0.4 is 10.6 Å². The highest BCUT2D eigenvalue weighted by molar-refractivity contribution is 5.97. The van der Waals surface area contributed by atoms with E-state index in [0.717, 1.165) is 29.9 Å². The summed E-state index contributed by atoms with van der Waals surface area (Å²) in [5.74, 6) is 0.737. The summed E-state index contributed by atoms with van der Waals surface area (Å²) in [6.45, 7) is 1.11. The van der Waals surface area contributed by atoms with Gasteiger partial charge >= 0.3 is 0 Å². The average molecular weight is 256 g/mol. The summed E-state index contributed by atoms with van der Waals surface area (Å²) in [6.07, 6.45) is 3.95. The van der Waals surface area contributed by atoms with Gasteiger partial charge in [-0.2, -0.15) is 0 Å². The van der Waals surface area contributed by atoms with Crippen molar-refractivity contribution in [2.45, 2.75) is 24.9 Å². The summed E-state index contributed by atoms with van der Waals surface area (Å²) < 4.78 is 5.34. The minimum absolute atomic E-state index is 0.00218. The van der Waals surface area contributed by atoms with E-state index >= 15 is 0 Å². The van der Waals surface area contributed by atoms with Crippen molar-refractivity contribution in [1.29, 1.82) is 0 Å². The zero-order chi connectivity index (χ0) is 12.8. The van der Waals surface area contributed by atoms with Gasteiger partial charge in [-0.15, -0.1) is 0 Å². The van der Waals surface area contributed by atoms with E-state index in [1.165, 1.54) is 6.42 Å². The summed E-state index contributed by atoms with van der Waals surface area (Å²) in [5, 5.41) is 7.62. The quantitative estimate of drug-likeness (QED) is 0.863. The van der Waals surface area contributed by atoms with Gasteiger partial charge in [-0.3, -0.25) is 4.79 Å². The molecule has 3 atom stereocenters. The summed E-state index contributed by atoms with van der Waals surface area (Å²) in [7, 11) is 0. The molecule has 0 radical (unpaired) electrons. The van der Waals surface area contributed by atoms with Gasteiger partial charge in [0.2, 0.25) is 0 Å². The number of carbonyl (C=O) groups excluding carboxylic acids is 1. The monoisotopic (exact) mass is 256 g/mol. The molecule has 2 aliphatic rings. The summed E-state index contributed by atoms with van der Waals surface area (Å²) in [6, 6.07) is 8.22. The standard InChI is InChI=1S/C15H16N2O2/c18-15(17-13-6-9-5-12(13)16-8-9)11-2-1-10-3-4-19-14(10)7-11/h1-4,7,9,12-13,16H,5-6,8H2,(H,17,18)/t9-,12+,13-/m0/s1. The van der Waals surface area contributed by atoms with Crippen molar-refractivity contribution in [3.05, 3.63) is 36.1 Å². The van der Waals surface area contributed by atoms with Gasteiger partial charge in [0, 0.05) is 23.0 Å². The van der Waals surface area contributed by atoms with Crippen molar-refractivity contribution < 1.29 is 9.21 Å². The third-order valence-corrected chi connectivity index (χ3v) is 4.36. The van der Waals surface area contributed by atoms with E-state index in [2.05, 4.69) is 10.6 Å². The fourth-order valence-corrected chi connectivity index (χ4v) is 3.36. The molecule has 98 valence electrons. The molecule has 4 nitrogen and oxygen atoms in total. The Morgan fingerprint density at radius 2 is 2.26 bits per heavy atom. The predicted molar refractivity (Wildman–Crippen MR) is 72.0 cm³/mol. The maximum atomic E-state index is 12.3. The Morgan fingerprint density at radius 1 is 1.32 bits per heavy atom. The van der Waals surface area contributed by atoms with Crippen LogP contribution in [0.3, 0.4) is 0 Å². The second kappa shape index (κ2) is 4.10. The smallest absolute Gasteiger partial charge is 0.251 e. The second-order valence-electron chi connectivity index (χ2n) is 5.61. The normalized spacial score (nSPS) is 28.9. The molecule has 1 aromatic heterocycles. The van der Waals surface area contributed by atoms with Crippen LogP contribution in [0.15, 0.2) is 34.9 Å². The zero-order valence-corrected chi connectivity index (χ0v) is 10.6. The lowest BCUT2D eigenvalue weighted by Crippen LogP contribution is -2.47. The van der Waals surface area contributed by atoms with Crippen LogP contribution in [0.25, 0.3) is 11.0 Å². The number of furan rings is 1. The average Bonchev–Trinajstić information content (AvgIpc) is 3.13. The predicted octanol–water partition coefficient (Wildman–Crippen LogP) is 1.91. The number of benzene rings is 1. The largest absolute Gasteiger partial charge is 0.464 e. The lowest BCUT2D eigenvalue weighted by atomic mass is 10.1. The second-order valence-corrected chi connectivity index (χ2v) is 5.61. The Morgan fingerprint density at radius 3 is 3.05 bits per heavy atom. The van der Waals surface area contributed by atoms with E-state index in [0.29, 0.717) is 11.6 Å². The maximum absolute atomic E-state index is 12.3. The molecule has 19 heavy (non-hydrogen) atoms. The molecule has 0 unspecified atom stereocenters. The van der Waals surface area contributed by atoms with Gasteiger partial charge in [-0.05, 0) is 43.5 Å². The minimum atomic E-state index is -0.00218. The molecule has 1 aliphatic carbocycles. The first kappa shape index (κ1) is 11.1. The fourth-order valence-electron chi connectivity index (χ4n) is 3.36. The van der Waals surface area contributed by atoms with E-state index in [9.17, 15) is 4.79 Å². The van der Waals surface area contributed by atoms with E-state index in [4.69, 9.17) is 4.42 Å². The van der Waals surface area contributed by atoms with Crippen LogP contribution in [0.2, 0.25) is 0 Å². The number of piperidine rings is 1. The SMILES string of the molecule is O=C(N[C@H]1C[C@H]2CN[C@@H]1C2)c1ccc2ccoc2c1. The van der Waals surface area contributed by atoms with Crippen LogP contribution in [0.4, 0.5) is 0 Å². The lowest BCUT2D eigenvalue weighted by molar-refractivity contribution is 0.0928. The third-order valence-electron chi connectivity index (χ3n) is 4.36. The molecule has 1 saturated heterocycles. The van der Waals surface area contributed by atoms with Gasteiger partial charge in [0.15, 0.2) is 0 Å². The molecule has 4 heteroatoms. The third kappa shape index (κ3) is 1.83. The number of hydrogen-bond acceptors (Lipinski definition) is 3. The number of fused-ring (bicyclic) bond motifs is 3. The van der Waals surface area contributed by atoms with E-state index in [1.54, 1.807) is 6.26 Å². The first-order valence-corrected chi connectivity index (χ1v) is 6.81. The van der Waals surface area contributed by atoms with Gasteiger partial charge in [0.1, 0.15) is 5.58 Å². The highest BCUT2D eigenvalue weighted by Gasteiger charge is 2.40. The van der Waals surface area contributed by atoms with Crippen LogP contribution in [-0.4, -0.2) is 24.5 Å². The number of rotatable bonds is 2. The summed E-state index contributed by atoms with van der Waals surface area (Å²) in [4.78, 5) is 12.3. The molecule has 4 rings (SSSR count). The van der Waals surface area contributed by atoms with Crippen LogP contribution in [0, 0.1) is 5.92 Å². The molecule has 2 N–H and O–H groups in total. The molecule has 1 aliphatic heterocycles. The van der Waals surface area contributed by atoms with E-state index < -0.39 is 0 Å². The first-order chi connectivity index (χ1) is 9.29. The van der Waals surface area contributed by atoms with Gasteiger partial charge in [0.05, 0.1) is 6.26 Å². The van der Waals surface area contributed by atoms with Crippen LogP contribution in [0.5, 0.6) is 0 Å². The molecule has 2 fully saturated rings. The molecule has 1 aromatic carbocycles. The number of nitrogens with one attached hydrogen (secondary N) is 2. The lowest BCUT2D eigenvalue weighted by Gasteiger charge is -2.23. The minimum Gasteiger partial charge on any atom is -0.464 e. The van der Waals surface area contributed by atoms with Crippen molar-refractivity contribution in [3.8, 4) is 0 Å². The van der Waals surface area contributed by atoms with Crippen molar-refractivity contribution >= 4 is 16.9 Å². The van der Waals surface area contributed by atoms with Gasteiger partial charge in [0.25, 0.3) is 5.91 Å². The Bertz CT molecular complexity index is 634. The molecule has 2 heterocycles. The highest BCUT2D eigenvalue weighted by atomic mass is 16.3. The Hall–Kier alpha value is -1.81. The summed E-state index contributed by atoms with van der Waals surface area (Å²) >= 11 is 0. The van der Waals surface area contributed by atoms with Crippen molar-refractivity contribution in [2.24, 2.45) is 5.92 Å². The van der Waals surface area contributed by atoms with Crippen molar-refractivity contribution in [2.75, 3.05) is 6.54 Å². The van der Waals surface area contributed by atoms with Crippen molar-refractivity contribution in [1.82, 2.24) is 10.6 Å². The Balaban J connectivity index is 1.53. The van der Waals surface area contributed by atoms with Gasteiger partial charge in [-0.1, -0.05) is 6.07 Å². The van der Waals surface area contributed by atoms with Gasteiger partial charge < -0.3 is 15.1 Å². The van der Waals surface area contributed by atoms with Gasteiger partial charge in [-0.25, -0.2) is 0 Å². The molecular weight excluding hydrogens is 240 g/mol. The molecule has 2 bridgehead atoms. The van der Waals surface area contributed by atoms with Crippen LogP contribution >= 0.6 is 0 Å². The molecule has 1 amide bonds. The molecular formula is C15H16N2O2. The van der Waals surface area contributed by atoms with Crippen molar-refractivity contribution in [3.63, 3.8) is 0 Å². The maximum Gasteiger partial charge on any atom is 0.251 e. The fraction of sp³-hybridized carbons (Fsp3) is 0.400. The van der Waals surface area contributed by atoms with Crippen LogP contribution in [-0.2, 0) is 0 Å². The van der Waals surface area contributed by atoms with E-state index in [1.807, 2.05) is 24.3 Å². The Labute approximate surface area is 111 Å².